The molecule has 1 aromatic heterocycles. The smallest absolute Gasteiger partial charge is 0.258 e. The second-order valence-corrected chi connectivity index (χ2v) is 8.19. The molecule has 4 rings (SSSR count). The summed E-state index contributed by atoms with van der Waals surface area (Å²) in [6.45, 7) is 2.81. The molecule has 34 heavy (non-hydrogen) atoms. The van der Waals surface area contributed by atoms with E-state index in [1.165, 1.54) is 0 Å². The molecule has 0 aliphatic heterocycles. The monoisotopic (exact) mass is 449 g/mol. The normalized spacial score (nSPS) is 10.5. The van der Waals surface area contributed by atoms with E-state index < -0.39 is 0 Å². The van der Waals surface area contributed by atoms with Crippen LogP contribution in [-0.2, 0) is 24.3 Å². The van der Waals surface area contributed by atoms with Crippen molar-refractivity contribution in [1.82, 2.24) is 10.3 Å². The molecule has 4 aromatic rings. The molecule has 5 heteroatoms. The summed E-state index contributed by atoms with van der Waals surface area (Å²) in [5.74, 6) is -0.178. The fraction of sp³-hybridized carbons (Fsp3) is 0.138. The Morgan fingerprint density at radius 1 is 0.824 bits per heavy atom. The lowest BCUT2D eigenvalue weighted by Crippen LogP contribution is -2.30. The second kappa shape index (κ2) is 11.1. The molecule has 0 aliphatic carbocycles. The number of rotatable bonds is 8. The number of nitrogens with zero attached hydrogens (tertiary/aromatic N) is 2. The molecular weight excluding hydrogens is 422 g/mol. The van der Waals surface area contributed by atoms with Gasteiger partial charge in [-0.15, -0.1) is 0 Å². The molecule has 0 aliphatic rings. The first kappa shape index (κ1) is 22.9. The number of aromatic nitrogens is 1. The molecule has 2 amide bonds. The molecule has 5 nitrogen and oxygen atoms in total. The quantitative estimate of drug-likeness (QED) is 0.407. The summed E-state index contributed by atoms with van der Waals surface area (Å²) in [6, 6.07) is 30.7. The van der Waals surface area contributed by atoms with Crippen LogP contribution in [0.15, 0.2) is 103 Å². The van der Waals surface area contributed by atoms with Crippen LogP contribution in [0.3, 0.4) is 0 Å². The lowest BCUT2D eigenvalue weighted by atomic mass is 10.1. The van der Waals surface area contributed by atoms with Crippen molar-refractivity contribution in [1.29, 1.82) is 0 Å². The Hall–Kier alpha value is -4.25. The Morgan fingerprint density at radius 3 is 2.29 bits per heavy atom. The van der Waals surface area contributed by atoms with E-state index in [1.807, 2.05) is 104 Å². The lowest BCUT2D eigenvalue weighted by Gasteiger charge is -2.24. The number of benzene rings is 3. The summed E-state index contributed by atoms with van der Waals surface area (Å²) in [4.78, 5) is 32.0. The minimum Gasteiger partial charge on any atom is -0.350 e. The SMILES string of the molecule is Cc1ccc(C(=O)N(Cc2ccccc2)c2cccc(CC(=O)NCc3ccccn3)c2)cc1. The zero-order chi connectivity index (χ0) is 23.8. The van der Waals surface area contributed by atoms with Gasteiger partial charge in [-0.3, -0.25) is 14.6 Å². The van der Waals surface area contributed by atoms with Gasteiger partial charge in [0.25, 0.3) is 5.91 Å². The molecule has 0 bridgehead atoms. The minimum atomic E-state index is -0.0951. The number of nitrogens with one attached hydrogen (secondary N) is 1. The average molecular weight is 450 g/mol. The first-order valence-corrected chi connectivity index (χ1v) is 11.3. The van der Waals surface area contributed by atoms with E-state index in [4.69, 9.17) is 0 Å². The van der Waals surface area contributed by atoms with Gasteiger partial charge < -0.3 is 10.2 Å². The number of pyridine rings is 1. The van der Waals surface area contributed by atoms with Crippen molar-refractivity contribution in [3.63, 3.8) is 0 Å². The average Bonchev–Trinajstić information content (AvgIpc) is 2.87. The van der Waals surface area contributed by atoms with Crippen molar-refractivity contribution in [3.8, 4) is 0 Å². The van der Waals surface area contributed by atoms with E-state index in [0.717, 1.165) is 28.1 Å². The Kier molecular flexibility index (Phi) is 7.45. The standard InChI is InChI=1S/C29H27N3O2/c1-22-13-15-25(16-14-22)29(34)32(21-23-8-3-2-4-9-23)27-12-7-10-24(18-27)19-28(33)31-20-26-11-5-6-17-30-26/h2-18H,19-21H2,1H3,(H,31,33). The van der Waals surface area contributed by atoms with Crippen LogP contribution in [0, 0.1) is 6.92 Å². The Bertz CT molecular complexity index is 1240. The zero-order valence-electron chi connectivity index (χ0n) is 19.1. The van der Waals surface area contributed by atoms with Crippen molar-refractivity contribution >= 4 is 17.5 Å². The minimum absolute atomic E-state index is 0.0828. The molecule has 0 fully saturated rings. The van der Waals surface area contributed by atoms with Gasteiger partial charge in [-0.1, -0.05) is 66.2 Å². The molecule has 0 saturated carbocycles. The maximum atomic E-state index is 13.5. The summed E-state index contributed by atoms with van der Waals surface area (Å²) in [6.07, 6.45) is 1.93. The van der Waals surface area contributed by atoms with Crippen molar-refractivity contribution in [2.24, 2.45) is 0 Å². The maximum absolute atomic E-state index is 13.5. The number of hydrogen-bond donors (Lipinski definition) is 1. The van der Waals surface area contributed by atoms with E-state index in [-0.39, 0.29) is 18.2 Å². The molecule has 0 radical (unpaired) electrons. The van der Waals surface area contributed by atoms with Crippen LogP contribution in [0.4, 0.5) is 5.69 Å². The van der Waals surface area contributed by atoms with Crippen LogP contribution in [0.2, 0.25) is 0 Å². The van der Waals surface area contributed by atoms with E-state index in [0.29, 0.717) is 18.7 Å². The van der Waals surface area contributed by atoms with Gasteiger partial charge in [-0.2, -0.15) is 0 Å². The van der Waals surface area contributed by atoms with Gasteiger partial charge in [0.05, 0.1) is 25.2 Å². The predicted molar refractivity (Wildman–Crippen MR) is 134 cm³/mol. The van der Waals surface area contributed by atoms with Crippen LogP contribution in [0.25, 0.3) is 0 Å². The van der Waals surface area contributed by atoms with Gasteiger partial charge in [0, 0.05) is 17.4 Å². The Morgan fingerprint density at radius 2 is 1.56 bits per heavy atom. The highest BCUT2D eigenvalue weighted by molar-refractivity contribution is 6.06. The van der Waals surface area contributed by atoms with E-state index >= 15 is 0 Å². The third-order valence-electron chi connectivity index (χ3n) is 5.51. The number of anilines is 1. The first-order chi connectivity index (χ1) is 16.6. The van der Waals surface area contributed by atoms with Gasteiger partial charge in [0.2, 0.25) is 5.91 Å². The number of amides is 2. The van der Waals surface area contributed by atoms with E-state index in [9.17, 15) is 9.59 Å². The molecule has 0 spiro atoms. The summed E-state index contributed by atoms with van der Waals surface area (Å²) < 4.78 is 0. The third-order valence-corrected chi connectivity index (χ3v) is 5.51. The summed E-state index contributed by atoms with van der Waals surface area (Å²) in [5.41, 5.74) is 5.16. The van der Waals surface area contributed by atoms with Gasteiger partial charge in [0.15, 0.2) is 0 Å². The van der Waals surface area contributed by atoms with Crippen molar-refractivity contribution in [2.75, 3.05) is 4.90 Å². The number of hydrogen-bond acceptors (Lipinski definition) is 3. The number of carbonyl (C=O) groups excluding carboxylic acids is 2. The van der Waals surface area contributed by atoms with Crippen LogP contribution >= 0.6 is 0 Å². The van der Waals surface area contributed by atoms with E-state index in [1.54, 1.807) is 11.1 Å². The molecular formula is C29H27N3O2. The topological polar surface area (TPSA) is 62.3 Å². The van der Waals surface area contributed by atoms with Crippen LogP contribution in [-0.4, -0.2) is 16.8 Å². The zero-order valence-corrected chi connectivity index (χ0v) is 19.1. The predicted octanol–water partition coefficient (Wildman–Crippen LogP) is 5.10. The summed E-state index contributed by atoms with van der Waals surface area (Å²) in [7, 11) is 0. The largest absolute Gasteiger partial charge is 0.350 e. The first-order valence-electron chi connectivity index (χ1n) is 11.3. The summed E-state index contributed by atoms with van der Waals surface area (Å²) in [5, 5.41) is 2.91. The number of aryl methyl sites for hydroxylation is 1. The highest BCUT2D eigenvalue weighted by Crippen LogP contribution is 2.22. The molecule has 0 saturated heterocycles. The molecule has 1 N–H and O–H groups in total. The van der Waals surface area contributed by atoms with Gasteiger partial charge in [-0.05, 0) is 54.4 Å². The third kappa shape index (κ3) is 6.17. The highest BCUT2D eigenvalue weighted by atomic mass is 16.2. The Labute approximate surface area is 200 Å². The van der Waals surface area contributed by atoms with Crippen LogP contribution in [0.1, 0.15) is 32.7 Å². The molecule has 1 heterocycles. The Balaban J connectivity index is 1.53. The van der Waals surface area contributed by atoms with Crippen LogP contribution in [0.5, 0.6) is 0 Å². The highest BCUT2D eigenvalue weighted by Gasteiger charge is 2.19. The van der Waals surface area contributed by atoms with Crippen LogP contribution < -0.4 is 10.2 Å². The van der Waals surface area contributed by atoms with E-state index in [2.05, 4.69) is 10.3 Å². The van der Waals surface area contributed by atoms with Gasteiger partial charge in [0.1, 0.15) is 0 Å². The lowest BCUT2D eigenvalue weighted by molar-refractivity contribution is -0.120. The molecule has 3 aromatic carbocycles. The van der Waals surface area contributed by atoms with Crippen molar-refractivity contribution in [3.05, 3.63) is 131 Å². The fourth-order valence-electron chi connectivity index (χ4n) is 3.67. The molecule has 170 valence electrons. The summed E-state index contributed by atoms with van der Waals surface area (Å²) >= 11 is 0. The maximum Gasteiger partial charge on any atom is 0.258 e. The molecule has 0 unspecified atom stereocenters. The fourth-order valence-corrected chi connectivity index (χ4v) is 3.67. The van der Waals surface area contributed by atoms with Crippen molar-refractivity contribution in [2.45, 2.75) is 26.4 Å². The van der Waals surface area contributed by atoms with Gasteiger partial charge in [-0.25, -0.2) is 0 Å². The second-order valence-electron chi connectivity index (χ2n) is 8.19. The van der Waals surface area contributed by atoms with Gasteiger partial charge >= 0.3 is 0 Å². The van der Waals surface area contributed by atoms with Crippen molar-refractivity contribution < 1.29 is 9.59 Å². The molecule has 0 atom stereocenters. The number of carbonyl (C=O) groups is 2.